The molecule has 0 aliphatic heterocycles. The number of aromatic nitrogens is 2. The molecule has 1 atom stereocenters. The molecule has 3 nitrogen and oxygen atoms in total. The Balaban J connectivity index is 2.19. The summed E-state index contributed by atoms with van der Waals surface area (Å²) in [5.41, 5.74) is 3.56. The summed E-state index contributed by atoms with van der Waals surface area (Å²) in [6.07, 6.45) is 4.73. The molecule has 18 heavy (non-hydrogen) atoms. The van der Waals surface area contributed by atoms with E-state index < -0.39 is 0 Å². The zero-order valence-corrected chi connectivity index (χ0v) is 12.1. The van der Waals surface area contributed by atoms with Crippen LogP contribution in [-0.2, 0) is 6.42 Å². The topological polar surface area (TPSA) is 37.8 Å². The van der Waals surface area contributed by atoms with E-state index in [4.69, 9.17) is 0 Å². The Morgan fingerprint density at radius 1 is 1.28 bits per heavy atom. The SMILES string of the molecule is CNC(Cc1nc(C)c(C)s1)c1cncc(C)c1. The van der Waals surface area contributed by atoms with E-state index >= 15 is 0 Å². The van der Waals surface area contributed by atoms with Crippen LogP contribution in [0.1, 0.15) is 32.7 Å². The fraction of sp³-hybridized carbons (Fsp3) is 0.429. The van der Waals surface area contributed by atoms with Gasteiger partial charge in [0.25, 0.3) is 0 Å². The van der Waals surface area contributed by atoms with Crippen molar-refractivity contribution in [3.63, 3.8) is 0 Å². The van der Waals surface area contributed by atoms with Crippen molar-refractivity contribution in [2.24, 2.45) is 0 Å². The van der Waals surface area contributed by atoms with Crippen LogP contribution in [0.5, 0.6) is 0 Å². The van der Waals surface area contributed by atoms with Gasteiger partial charge in [-0.3, -0.25) is 4.98 Å². The number of rotatable bonds is 4. The predicted octanol–water partition coefficient (Wildman–Crippen LogP) is 2.97. The summed E-state index contributed by atoms with van der Waals surface area (Å²) in [6.45, 7) is 6.26. The number of pyridine rings is 1. The summed E-state index contributed by atoms with van der Waals surface area (Å²) in [5, 5.41) is 4.54. The van der Waals surface area contributed by atoms with Gasteiger partial charge in [0.2, 0.25) is 0 Å². The van der Waals surface area contributed by atoms with E-state index in [1.165, 1.54) is 21.0 Å². The molecule has 2 aromatic rings. The number of nitrogens with one attached hydrogen (secondary N) is 1. The second-order valence-corrected chi connectivity index (χ2v) is 5.88. The third-order valence-electron chi connectivity index (χ3n) is 3.10. The van der Waals surface area contributed by atoms with Gasteiger partial charge >= 0.3 is 0 Å². The van der Waals surface area contributed by atoms with Crippen LogP contribution < -0.4 is 5.32 Å². The van der Waals surface area contributed by atoms with E-state index in [2.05, 4.69) is 42.1 Å². The highest BCUT2D eigenvalue weighted by atomic mass is 32.1. The third kappa shape index (κ3) is 2.94. The molecule has 0 amide bonds. The minimum absolute atomic E-state index is 0.280. The maximum atomic E-state index is 4.60. The van der Waals surface area contributed by atoms with Crippen LogP contribution >= 0.6 is 11.3 Å². The van der Waals surface area contributed by atoms with Crippen molar-refractivity contribution in [3.8, 4) is 0 Å². The first-order valence-electron chi connectivity index (χ1n) is 6.12. The van der Waals surface area contributed by atoms with E-state index in [-0.39, 0.29) is 6.04 Å². The largest absolute Gasteiger partial charge is 0.313 e. The minimum Gasteiger partial charge on any atom is -0.313 e. The van der Waals surface area contributed by atoms with E-state index in [9.17, 15) is 0 Å². The first kappa shape index (κ1) is 13.2. The van der Waals surface area contributed by atoms with Gasteiger partial charge in [-0.1, -0.05) is 6.07 Å². The van der Waals surface area contributed by atoms with Crippen LogP contribution in [0.3, 0.4) is 0 Å². The van der Waals surface area contributed by atoms with Crippen LogP contribution in [-0.4, -0.2) is 17.0 Å². The quantitative estimate of drug-likeness (QED) is 0.919. The van der Waals surface area contributed by atoms with Crippen molar-refractivity contribution in [2.45, 2.75) is 33.2 Å². The van der Waals surface area contributed by atoms with Gasteiger partial charge in [-0.2, -0.15) is 0 Å². The first-order valence-corrected chi connectivity index (χ1v) is 6.93. The molecule has 0 radical (unpaired) electrons. The normalized spacial score (nSPS) is 12.7. The van der Waals surface area contributed by atoms with Gasteiger partial charge in [0.05, 0.1) is 10.7 Å². The molecule has 0 fully saturated rings. The van der Waals surface area contributed by atoms with Crippen LogP contribution in [0.2, 0.25) is 0 Å². The highest BCUT2D eigenvalue weighted by Crippen LogP contribution is 2.23. The van der Waals surface area contributed by atoms with Gasteiger partial charge < -0.3 is 5.32 Å². The zero-order chi connectivity index (χ0) is 13.1. The summed E-state index contributed by atoms with van der Waals surface area (Å²) in [4.78, 5) is 10.2. The average Bonchev–Trinajstić information content (AvgIpc) is 2.65. The number of hydrogen-bond donors (Lipinski definition) is 1. The van der Waals surface area contributed by atoms with E-state index in [1.807, 2.05) is 19.4 Å². The molecule has 4 heteroatoms. The molecule has 2 heterocycles. The van der Waals surface area contributed by atoms with Gasteiger partial charge in [0.1, 0.15) is 0 Å². The van der Waals surface area contributed by atoms with Crippen molar-refractivity contribution >= 4 is 11.3 Å². The van der Waals surface area contributed by atoms with Crippen molar-refractivity contribution in [2.75, 3.05) is 7.05 Å². The predicted molar refractivity (Wildman–Crippen MR) is 76.1 cm³/mol. The van der Waals surface area contributed by atoms with Crippen molar-refractivity contribution < 1.29 is 0 Å². The molecule has 0 spiro atoms. The maximum Gasteiger partial charge on any atom is 0.0949 e. The standard InChI is InChI=1S/C14H19N3S/c1-9-5-12(8-16-7-9)13(15-4)6-14-17-10(2)11(3)18-14/h5,7-8,13,15H,6H2,1-4H3. The lowest BCUT2D eigenvalue weighted by Gasteiger charge is -2.15. The number of hydrogen-bond acceptors (Lipinski definition) is 4. The third-order valence-corrected chi connectivity index (χ3v) is 4.19. The second-order valence-electron chi connectivity index (χ2n) is 4.59. The lowest BCUT2D eigenvalue weighted by atomic mass is 10.1. The van der Waals surface area contributed by atoms with Crippen LogP contribution in [0, 0.1) is 20.8 Å². The lowest BCUT2D eigenvalue weighted by Crippen LogP contribution is -2.19. The molecule has 0 aromatic carbocycles. The highest BCUT2D eigenvalue weighted by Gasteiger charge is 2.13. The summed E-state index contributed by atoms with van der Waals surface area (Å²) in [5.74, 6) is 0. The van der Waals surface area contributed by atoms with Gasteiger partial charge in [0, 0.05) is 29.7 Å². The van der Waals surface area contributed by atoms with Crippen LogP contribution in [0.25, 0.3) is 0 Å². The van der Waals surface area contributed by atoms with Gasteiger partial charge in [-0.05, 0) is 38.9 Å². The first-order chi connectivity index (χ1) is 8.60. The highest BCUT2D eigenvalue weighted by molar-refractivity contribution is 7.11. The van der Waals surface area contributed by atoms with Crippen molar-refractivity contribution in [1.29, 1.82) is 0 Å². The molecule has 96 valence electrons. The lowest BCUT2D eigenvalue weighted by molar-refractivity contribution is 0.587. The molecule has 0 saturated carbocycles. The van der Waals surface area contributed by atoms with E-state index in [1.54, 1.807) is 11.3 Å². The molecule has 2 aromatic heterocycles. The Kier molecular flexibility index (Phi) is 4.09. The van der Waals surface area contributed by atoms with E-state index in [0.29, 0.717) is 0 Å². The molecule has 1 N–H and O–H groups in total. The summed E-state index contributed by atoms with van der Waals surface area (Å²) >= 11 is 1.79. The summed E-state index contributed by atoms with van der Waals surface area (Å²) < 4.78 is 0. The molecule has 1 unspecified atom stereocenters. The fourth-order valence-electron chi connectivity index (χ4n) is 1.96. The Bertz CT molecular complexity index is 514. The minimum atomic E-state index is 0.280. The Morgan fingerprint density at radius 2 is 2.06 bits per heavy atom. The summed E-state index contributed by atoms with van der Waals surface area (Å²) in [6, 6.07) is 2.46. The Morgan fingerprint density at radius 3 is 2.61 bits per heavy atom. The average molecular weight is 261 g/mol. The molecule has 0 aliphatic rings. The molecule has 0 aliphatic carbocycles. The van der Waals surface area contributed by atoms with Crippen molar-refractivity contribution in [3.05, 3.63) is 45.2 Å². The molecule has 0 saturated heterocycles. The monoisotopic (exact) mass is 261 g/mol. The smallest absolute Gasteiger partial charge is 0.0949 e. The maximum absolute atomic E-state index is 4.60. The number of likely N-dealkylation sites (N-methyl/N-ethyl adjacent to an activating group) is 1. The van der Waals surface area contributed by atoms with Crippen LogP contribution in [0.4, 0.5) is 0 Å². The Hall–Kier alpha value is -1.26. The van der Waals surface area contributed by atoms with Gasteiger partial charge in [0.15, 0.2) is 0 Å². The van der Waals surface area contributed by atoms with Gasteiger partial charge in [-0.25, -0.2) is 4.98 Å². The number of aryl methyl sites for hydroxylation is 3. The number of thiazole rings is 1. The fourth-order valence-corrected chi connectivity index (χ4v) is 2.94. The summed E-state index contributed by atoms with van der Waals surface area (Å²) in [7, 11) is 1.99. The van der Waals surface area contributed by atoms with Gasteiger partial charge in [-0.15, -0.1) is 11.3 Å². The van der Waals surface area contributed by atoms with E-state index in [0.717, 1.165) is 12.1 Å². The van der Waals surface area contributed by atoms with Crippen molar-refractivity contribution in [1.82, 2.24) is 15.3 Å². The molecular weight excluding hydrogens is 242 g/mol. The molecular formula is C14H19N3S. The number of nitrogens with zero attached hydrogens (tertiary/aromatic N) is 2. The second kappa shape index (κ2) is 5.59. The zero-order valence-electron chi connectivity index (χ0n) is 11.3. The molecule has 0 bridgehead atoms. The Labute approximate surface area is 112 Å². The molecule has 2 rings (SSSR count). The van der Waals surface area contributed by atoms with Crippen LogP contribution in [0.15, 0.2) is 18.5 Å².